The molecule has 55 heavy (non-hydrogen) atoms. The molecule has 1 unspecified atom stereocenters. The molecule has 0 bridgehead atoms. The Balaban J connectivity index is 0.000000170. The molecular formula is C45H53N9S. The number of fused-ring (bicyclic) bond motifs is 6. The van der Waals surface area contributed by atoms with Gasteiger partial charge in [0, 0.05) is 41.7 Å². The Morgan fingerprint density at radius 2 is 1.31 bits per heavy atom. The molecule has 1 aliphatic rings. The van der Waals surface area contributed by atoms with E-state index in [4.69, 9.17) is 21.4 Å². The molecule has 0 fully saturated rings. The van der Waals surface area contributed by atoms with Gasteiger partial charge >= 0.3 is 0 Å². The van der Waals surface area contributed by atoms with Gasteiger partial charge in [0.05, 0.1) is 22.2 Å². The predicted octanol–water partition coefficient (Wildman–Crippen LogP) is 9.97. The lowest BCUT2D eigenvalue weighted by Crippen LogP contribution is -2.60. The van der Waals surface area contributed by atoms with E-state index in [2.05, 4.69) is 139 Å². The van der Waals surface area contributed by atoms with Gasteiger partial charge in [0.15, 0.2) is 16.8 Å². The van der Waals surface area contributed by atoms with E-state index in [-0.39, 0.29) is 0 Å². The van der Waals surface area contributed by atoms with Crippen LogP contribution in [-0.2, 0) is 18.1 Å². The maximum atomic E-state index is 6.49. The van der Waals surface area contributed by atoms with Gasteiger partial charge in [0.1, 0.15) is 17.0 Å². The van der Waals surface area contributed by atoms with Gasteiger partial charge in [-0.3, -0.25) is 4.90 Å². The number of thioether (sulfide) groups is 1. The maximum Gasteiger partial charge on any atom is 0.196 e. The summed E-state index contributed by atoms with van der Waals surface area (Å²) in [4.78, 5) is 19.0. The number of hydrogen-bond acceptors (Lipinski definition) is 9. The van der Waals surface area contributed by atoms with E-state index >= 15 is 0 Å². The largest absolute Gasteiger partial charge is 0.382 e. The summed E-state index contributed by atoms with van der Waals surface area (Å²) in [5, 5.41) is 7.07. The monoisotopic (exact) mass is 751 g/mol. The van der Waals surface area contributed by atoms with Crippen molar-refractivity contribution >= 4 is 67.6 Å². The normalized spacial score (nSPS) is 15.3. The highest BCUT2D eigenvalue weighted by molar-refractivity contribution is 7.98. The summed E-state index contributed by atoms with van der Waals surface area (Å²) in [5.41, 5.74) is 21.0. The Morgan fingerprint density at radius 1 is 0.727 bits per heavy atom. The van der Waals surface area contributed by atoms with Crippen molar-refractivity contribution in [3.63, 3.8) is 0 Å². The minimum absolute atomic E-state index is 0.481. The van der Waals surface area contributed by atoms with Crippen molar-refractivity contribution in [2.45, 2.75) is 64.3 Å². The van der Waals surface area contributed by atoms with Gasteiger partial charge < -0.3 is 26.3 Å². The minimum atomic E-state index is -0.510. The molecule has 0 saturated carbocycles. The third-order valence-electron chi connectivity index (χ3n) is 10.0. The van der Waals surface area contributed by atoms with Gasteiger partial charge in [-0.05, 0) is 43.0 Å². The van der Waals surface area contributed by atoms with Gasteiger partial charge in [-0.15, -0.1) is 0 Å². The summed E-state index contributed by atoms with van der Waals surface area (Å²) in [6, 6.07) is 37.6. The number of para-hydroxylation sites is 2. The fraction of sp³-hybridized carbons (Fsp3) is 0.311. The highest BCUT2D eigenvalue weighted by Crippen LogP contribution is 2.52. The quantitative estimate of drug-likeness (QED) is 0.111. The molecule has 0 amide bonds. The summed E-state index contributed by atoms with van der Waals surface area (Å²) in [7, 11) is 2.19. The van der Waals surface area contributed by atoms with Gasteiger partial charge in [-0.25, -0.2) is 15.0 Å². The van der Waals surface area contributed by atoms with Crippen LogP contribution < -0.4 is 21.7 Å². The lowest BCUT2D eigenvalue weighted by molar-refractivity contribution is 0.143. The number of nitrogens with zero attached hydrogens (tertiary/aromatic N) is 6. The first-order valence-electron chi connectivity index (χ1n) is 19.3. The molecule has 3 aromatic heterocycles. The number of benzene rings is 4. The number of nitrogen functional groups attached to an aromatic ring is 2. The van der Waals surface area contributed by atoms with Crippen molar-refractivity contribution in [3.8, 4) is 0 Å². The number of hydrogen-bond donors (Lipinski definition) is 3. The molecule has 5 N–H and O–H groups in total. The molecule has 9 nitrogen and oxygen atoms in total. The zero-order chi connectivity index (χ0) is 38.7. The second kappa shape index (κ2) is 16.2. The summed E-state index contributed by atoms with van der Waals surface area (Å²) in [5.74, 6) is 2.42. The number of anilines is 4. The van der Waals surface area contributed by atoms with E-state index in [1.54, 1.807) is 11.8 Å². The minimum Gasteiger partial charge on any atom is -0.382 e. The fourth-order valence-electron chi connectivity index (χ4n) is 7.73. The molecule has 4 aromatic carbocycles. The fourth-order valence-corrected chi connectivity index (χ4v) is 8.70. The number of imidazole rings is 1. The summed E-state index contributed by atoms with van der Waals surface area (Å²) >= 11 is 1.75. The van der Waals surface area contributed by atoms with Crippen LogP contribution in [0.4, 0.5) is 23.0 Å². The number of rotatable bonds is 11. The Morgan fingerprint density at radius 3 is 1.96 bits per heavy atom. The molecule has 0 radical (unpaired) electrons. The van der Waals surface area contributed by atoms with Crippen molar-refractivity contribution in [1.82, 2.24) is 24.4 Å². The maximum absolute atomic E-state index is 6.49. The first-order chi connectivity index (χ1) is 26.6. The van der Waals surface area contributed by atoms with Gasteiger partial charge in [0.2, 0.25) is 0 Å². The van der Waals surface area contributed by atoms with Crippen LogP contribution in [0.2, 0.25) is 0 Å². The molecule has 1 atom stereocenters. The molecule has 4 heterocycles. The Labute approximate surface area is 329 Å². The molecule has 8 rings (SSSR count). The Kier molecular flexibility index (Phi) is 11.2. The van der Waals surface area contributed by atoms with Crippen LogP contribution in [0.1, 0.15) is 52.2 Å². The third kappa shape index (κ3) is 7.41. The SMILES string of the molecule is CC(C)Cn1c(SCc2ccccc2)nc2c(N)nc3ccccc3c21.CCCN(C)C1(c2ccccc2)Nc2c(N)nc3ccccc3c2N1CC(C)C. The van der Waals surface area contributed by atoms with Crippen LogP contribution in [0.15, 0.2) is 114 Å². The predicted molar refractivity (Wildman–Crippen MR) is 233 cm³/mol. The van der Waals surface area contributed by atoms with E-state index in [1.165, 1.54) is 11.1 Å². The average Bonchev–Trinajstić information content (AvgIpc) is 3.72. The van der Waals surface area contributed by atoms with E-state index in [1.807, 2.05) is 36.4 Å². The van der Waals surface area contributed by atoms with Crippen molar-refractivity contribution in [3.05, 3.63) is 120 Å². The first kappa shape index (κ1) is 38.0. The molecule has 0 saturated heterocycles. The van der Waals surface area contributed by atoms with E-state index in [0.717, 1.165) is 81.2 Å². The van der Waals surface area contributed by atoms with Crippen molar-refractivity contribution in [1.29, 1.82) is 0 Å². The zero-order valence-electron chi connectivity index (χ0n) is 32.8. The summed E-state index contributed by atoms with van der Waals surface area (Å²) in [6.45, 7) is 14.0. The van der Waals surface area contributed by atoms with Crippen LogP contribution >= 0.6 is 11.8 Å². The molecule has 0 spiro atoms. The Hall–Kier alpha value is -5.32. The second-order valence-corrected chi connectivity index (χ2v) is 16.2. The van der Waals surface area contributed by atoms with Gasteiger partial charge in [-0.2, -0.15) is 0 Å². The van der Waals surface area contributed by atoms with Crippen molar-refractivity contribution < 1.29 is 0 Å². The van der Waals surface area contributed by atoms with Crippen LogP contribution in [-0.4, -0.2) is 44.6 Å². The summed E-state index contributed by atoms with van der Waals surface area (Å²) in [6.07, 6.45) is 1.06. The molecular weight excluding hydrogens is 699 g/mol. The third-order valence-corrected chi connectivity index (χ3v) is 11.1. The van der Waals surface area contributed by atoms with E-state index < -0.39 is 5.79 Å². The number of aromatic nitrogens is 4. The van der Waals surface area contributed by atoms with Crippen molar-refractivity contribution in [2.75, 3.05) is 41.8 Å². The van der Waals surface area contributed by atoms with Crippen LogP contribution in [0.3, 0.4) is 0 Å². The molecule has 10 heteroatoms. The number of nitrogens with one attached hydrogen (secondary N) is 1. The second-order valence-electron chi connectivity index (χ2n) is 15.2. The van der Waals surface area contributed by atoms with E-state index in [0.29, 0.717) is 23.5 Å². The van der Waals surface area contributed by atoms with Gasteiger partial charge in [0.25, 0.3) is 0 Å². The topological polar surface area (TPSA) is 114 Å². The average molecular weight is 752 g/mol. The standard InChI is InChI=1S/C24H31N5.C21H22N4S/c1-5-15-28(4)24(18-11-7-6-8-12-18)27-21-22(29(24)16-17(2)3)19-13-9-10-14-20(19)26-23(21)25;1-14(2)12-25-19-16-10-6-7-11-17(16)23-20(22)18(19)24-21(25)26-13-15-8-4-3-5-9-15/h6-14,17,27H,5,15-16H2,1-4H3,(H2,25,26);3-11,14H,12-13H2,1-2H3,(H2,22,23). The molecule has 284 valence electrons. The number of nitrogens with two attached hydrogens (primary N) is 2. The van der Waals surface area contributed by atoms with Crippen LogP contribution in [0, 0.1) is 11.8 Å². The smallest absolute Gasteiger partial charge is 0.196 e. The molecule has 0 aliphatic carbocycles. The summed E-state index contributed by atoms with van der Waals surface area (Å²) < 4.78 is 2.31. The first-order valence-corrected chi connectivity index (χ1v) is 20.3. The molecule has 1 aliphatic heterocycles. The lowest BCUT2D eigenvalue weighted by atomic mass is 10.0. The van der Waals surface area contributed by atoms with Crippen LogP contribution in [0.5, 0.6) is 0 Å². The Bertz CT molecular complexity index is 2390. The van der Waals surface area contributed by atoms with Crippen LogP contribution in [0.25, 0.3) is 32.8 Å². The zero-order valence-corrected chi connectivity index (χ0v) is 33.6. The highest BCUT2D eigenvalue weighted by atomic mass is 32.2. The van der Waals surface area contributed by atoms with Crippen molar-refractivity contribution in [2.24, 2.45) is 11.8 Å². The number of pyridine rings is 2. The van der Waals surface area contributed by atoms with Gasteiger partial charge in [-0.1, -0.05) is 143 Å². The lowest BCUT2D eigenvalue weighted by Gasteiger charge is -2.47. The highest BCUT2D eigenvalue weighted by Gasteiger charge is 2.49. The van der Waals surface area contributed by atoms with E-state index in [9.17, 15) is 0 Å². The molecule has 7 aromatic rings.